The van der Waals surface area contributed by atoms with Crippen LogP contribution in [0.4, 0.5) is 0 Å². The maximum Gasteiger partial charge on any atom is 0.129 e. The van der Waals surface area contributed by atoms with E-state index in [-0.39, 0.29) is 17.1 Å². The summed E-state index contributed by atoms with van der Waals surface area (Å²) in [4.78, 5) is 10.6. The second-order valence-electron chi connectivity index (χ2n) is 3.12. The van der Waals surface area contributed by atoms with Crippen molar-refractivity contribution in [2.45, 2.75) is 45.0 Å². The van der Waals surface area contributed by atoms with E-state index in [9.17, 15) is 4.79 Å². The molecule has 0 amide bonds. The lowest BCUT2D eigenvalue weighted by Gasteiger charge is -2.13. The number of ketones is 1. The van der Waals surface area contributed by atoms with Gasteiger partial charge in [-0.1, -0.05) is 6.92 Å². The molecular formula is C9H18O2S. The Balaban J connectivity index is 3.25. The highest BCUT2D eigenvalue weighted by atomic mass is 32.2. The molecule has 0 aromatic rings. The first kappa shape index (κ1) is 12.0. The number of carbonyl (C=O) groups excluding carboxylic acids is 1. The highest BCUT2D eigenvalue weighted by Gasteiger charge is 2.08. The lowest BCUT2D eigenvalue weighted by Crippen LogP contribution is -2.15. The molecule has 0 rings (SSSR count). The molecule has 0 heterocycles. The molecule has 2 unspecified atom stereocenters. The first-order chi connectivity index (χ1) is 5.54. The highest BCUT2D eigenvalue weighted by Crippen LogP contribution is 2.15. The third-order valence-electron chi connectivity index (χ3n) is 1.73. The first-order valence-corrected chi connectivity index (χ1v) is 5.38. The topological polar surface area (TPSA) is 37.3 Å². The summed E-state index contributed by atoms with van der Waals surface area (Å²) in [6, 6.07) is 0. The van der Waals surface area contributed by atoms with Crippen molar-refractivity contribution in [2.24, 2.45) is 0 Å². The predicted octanol–water partition coefficient (Wildman–Crippen LogP) is 1.86. The summed E-state index contributed by atoms with van der Waals surface area (Å²) in [6.45, 7) is 5.41. The van der Waals surface area contributed by atoms with Gasteiger partial charge in [0, 0.05) is 11.7 Å². The van der Waals surface area contributed by atoms with E-state index < -0.39 is 0 Å². The second kappa shape index (κ2) is 6.49. The van der Waals surface area contributed by atoms with Crippen molar-refractivity contribution in [3.8, 4) is 0 Å². The van der Waals surface area contributed by atoms with Crippen molar-refractivity contribution >= 4 is 17.5 Å². The molecule has 0 fully saturated rings. The SMILES string of the molecule is CC(=O)CCCSC(C)C(C)O. The quantitative estimate of drug-likeness (QED) is 0.650. The zero-order valence-electron chi connectivity index (χ0n) is 8.04. The normalized spacial score (nSPS) is 15.7. The summed E-state index contributed by atoms with van der Waals surface area (Å²) >= 11 is 1.72. The van der Waals surface area contributed by atoms with Gasteiger partial charge in [0.25, 0.3) is 0 Å². The van der Waals surface area contributed by atoms with E-state index in [0.29, 0.717) is 6.42 Å². The molecule has 0 aliphatic carbocycles. The average Bonchev–Trinajstić information content (AvgIpc) is 1.97. The van der Waals surface area contributed by atoms with E-state index in [0.717, 1.165) is 12.2 Å². The first-order valence-electron chi connectivity index (χ1n) is 4.33. The number of thioether (sulfide) groups is 1. The van der Waals surface area contributed by atoms with Crippen LogP contribution in [0.1, 0.15) is 33.6 Å². The van der Waals surface area contributed by atoms with Crippen molar-refractivity contribution in [2.75, 3.05) is 5.75 Å². The minimum absolute atomic E-state index is 0.250. The van der Waals surface area contributed by atoms with Gasteiger partial charge in [-0.05, 0) is 26.0 Å². The molecular weight excluding hydrogens is 172 g/mol. The smallest absolute Gasteiger partial charge is 0.129 e. The van der Waals surface area contributed by atoms with Crippen molar-refractivity contribution in [3.05, 3.63) is 0 Å². The summed E-state index contributed by atoms with van der Waals surface area (Å²) in [7, 11) is 0. The Kier molecular flexibility index (Phi) is 6.48. The zero-order valence-corrected chi connectivity index (χ0v) is 8.86. The number of aliphatic hydroxyl groups excluding tert-OH is 1. The van der Waals surface area contributed by atoms with Crippen LogP contribution in [0.15, 0.2) is 0 Å². The molecule has 2 nitrogen and oxygen atoms in total. The van der Waals surface area contributed by atoms with Gasteiger partial charge in [-0.15, -0.1) is 0 Å². The Morgan fingerprint density at radius 3 is 2.50 bits per heavy atom. The third-order valence-corrected chi connectivity index (χ3v) is 3.18. The summed E-state index contributed by atoms with van der Waals surface area (Å²) in [5.41, 5.74) is 0. The monoisotopic (exact) mass is 190 g/mol. The average molecular weight is 190 g/mol. The van der Waals surface area contributed by atoms with Crippen LogP contribution in [0, 0.1) is 0 Å². The molecule has 12 heavy (non-hydrogen) atoms. The Morgan fingerprint density at radius 1 is 1.50 bits per heavy atom. The number of hydrogen-bond acceptors (Lipinski definition) is 3. The number of Topliss-reactive ketones (excluding diaryl/α,β-unsaturated/α-hetero) is 1. The van der Waals surface area contributed by atoms with Gasteiger partial charge >= 0.3 is 0 Å². The van der Waals surface area contributed by atoms with Crippen molar-refractivity contribution in [1.29, 1.82) is 0 Å². The summed E-state index contributed by atoms with van der Waals surface area (Å²) in [5, 5.41) is 9.42. The molecule has 0 aromatic heterocycles. The van der Waals surface area contributed by atoms with Gasteiger partial charge in [0.15, 0.2) is 0 Å². The molecule has 0 aliphatic rings. The van der Waals surface area contributed by atoms with Crippen LogP contribution in [0.5, 0.6) is 0 Å². The van der Waals surface area contributed by atoms with Crippen molar-refractivity contribution < 1.29 is 9.90 Å². The van der Waals surface area contributed by atoms with Crippen LogP contribution in [-0.4, -0.2) is 28.0 Å². The minimum Gasteiger partial charge on any atom is -0.392 e. The standard InChI is InChI=1S/C9H18O2S/c1-7(10)5-4-6-12-9(3)8(2)11/h8-9,11H,4-6H2,1-3H3. The van der Waals surface area contributed by atoms with Gasteiger partial charge in [-0.3, -0.25) is 0 Å². The molecule has 0 bridgehead atoms. The van der Waals surface area contributed by atoms with E-state index >= 15 is 0 Å². The minimum atomic E-state index is -0.257. The fourth-order valence-electron chi connectivity index (χ4n) is 0.730. The summed E-state index contributed by atoms with van der Waals surface area (Å²) < 4.78 is 0. The maximum absolute atomic E-state index is 10.6. The van der Waals surface area contributed by atoms with E-state index in [2.05, 4.69) is 0 Å². The zero-order chi connectivity index (χ0) is 9.56. The van der Waals surface area contributed by atoms with Gasteiger partial charge in [0.1, 0.15) is 5.78 Å². The van der Waals surface area contributed by atoms with Gasteiger partial charge in [0.05, 0.1) is 6.10 Å². The molecule has 72 valence electrons. The van der Waals surface area contributed by atoms with Crippen molar-refractivity contribution in [3.63, 3.8) is 0 Å². The van der Waals surface area contributed by atoms with E-state index in [1.807, 2.05) is 6.92 Å². The molecule has 3 heteroatoms. The summed E-state index contributed by atoms with van der Waals surface area (Å²) in [5.74, 6) is 1.21. The van der Waals surface area contributed by atoms with Crippen LogP contribution >= 0.6 is 11.8 Å². The van der Waals surface area contributed by atoms with Crippen molar-refractivity contribution in [1.82, 2.24) is 0 Å². The number of hydrogen-bond donors (Lipinski definition) is 1. The third kappa shape index (κ3) is 6.68. The van der Waals surface area contributed by atoms with Crippen LogP contribution in [0.3, 0.4) is 0 Å². The number of rotatable bonds is 6. The molecule has 0 saturated heterocycles. The van der Waals surface area contributed by atoms with Crippen LogP contribution in [0.25, 0.3) is 0 Å². The largest absolute Gasteiger partial charge is 0.392 e. The Labute approximate surface area is 78.7 Å². The van der Waals surface area contributed by atoms with Gasteiger partial charge < -0.3 is 9.90 Å². The number of aliphatic hydroxyl groups is 1. The Hall–Kier alpha value is -0.0200. The molecule has 0 spiro atoms. The van der Waals surface area contributed by atoms with Gasteiger partial charge in [0.2, 0.25) is 0 Å². The van der Waals surface area contributed by atoms with E-state index in [4.69, 9.17) is 5.11 Å². The molecule has 2 atom stereocenters. The van der Waals surface area contributed by atoms with Gasteiger partial charge in [-0.2, -0.15) is 11.8 Å². The number of carbonyl (C=O) groups is 1. The molecule has 0 saturated carbocycles. The van der Waals surface area contributed by atoms with E-state index in [1.54, 1.807) is 25.6 Å². The highest BCUT2D eigenvalue weighted by molar-refractivity contribution is 7.99. The van der Waals surface area contributed by atoms with Crippen LogP contribution < -0.4 is 0 Å². The van der Waals surface area contributed by atoms with Crippen LogP contribution in [0.2, 0.25) is 0 Å². The molecule has 0 aromatic carbocycles. The van der Waals surface area contributed by atoms with Gasteiger partial charge in [-0.25, -0.2) is 0 Å². The molecule has 0 radical (unpaired) electrons. The second-order valence-corrected chi connectivity index (χ2v) is 4.61. The maximum atomic E-state index is 10.6. The van der Waals surface area contributed by atoms with Crippen LogP contribution in [-0.2, 0) is 4.79 Å². The molecule has 0 aliphatic heterocycles. The molecule has 1 N–H and O–H groups in total. The van der Waals surface area contributed by atoms with E-state index in [1.165, 1.54) is 0 Å². The lowest BCUT2D eigenvalue weighted by atomic mass is 10.3. The Morgan fingerprint density at radius 2 is 2.08 bits per heavy atom. The fraction of sp³-hybridized carbons (Fsp3) is 0.889. The lowest BCUT2D eigenvalue weighted by molar-refractivity contribution is -0.117. The Bertz CT molecular complexity index is 134. The summed E-state index contributed by atoms with van der Waals surface area (Å²) in [6.07, 6.45) is 1.34. The predicted molar refractivity (Wildman–Crippen MR) is 53.5 cm³/mol. The fourth-order valence-corrected chi connectivity index (χ4v) is 1.69.